The van der Waals surface area contributed by atoms with E-state index in [2.05, 4.69) is 51.9 Å². The van der Waals surface area contributed by atoms with Crippen LogP contribution in [0.1, 0.15) is 16.7 Å². The molecule has 1 heterocycles. The van der Waals surface area contributed by atoms with E-state index in [4.69, 9.17) is 0 Å². The first-order valence-corrected chi connectivity index (χ1v) is 11.5. The zero-order valence-corrected chi connectivity index (χ0v) is 18.3. The lowest BCUT2D eigenvalue weighted by atomic mass is 10.2. The van der Waals surface area contributed by atoms with Gasteiger partial charge in [-0.2, -0.15) is 5.10 Å². The molecule has 0 aliphatic carbocycles. The highest BCUT2D eigenvalue weighted by Gasteiger charge is 2.11. The number of thioether (sulfide) groups is 2. The number of carbonyl (C=O) groups is 1. The number of nitro groups is 1. The first-order valence-electron chi connectivity index (χ1n) is 8.71. The molecule has 0 saturated carbocycles. The molecule has 0 spiro atoms. The summed E-state index contributed by atoms with van der Waals surface area (Å²) in [4.78, 5) is 22.4. The van der Waals surface area contributed by atoms with E-state index >= 15 is 0 Å². The Balaban J connectivity index is 1.44. The van der Waals surface area contributed by atoms with Gasteiger partial charge in [0.2, 0.25) is 0 Å². The average molecular weight is 460 g/mol. The van der Waals surface area contributed by atoms with Gasteiger partial charge in [0.25, 0.3) is 11.6 Å². The summed E-state index contributed by atoms with van der Waals surface area (Å²) in [6, 6.07) is 14.5. The van der Waals surface area contributed by atoms with Crippen molar-refractivity contribution in [1.29, 1.82) is 0 Å². The minimum absolute atomic E-state index is 0.0746. The fraction of sp³-hybridized carbons (Fsp3) is 0.158. The number of hydrazone groups is 1. The van der Waals surface area contributed by atoms with Crippen LogP contribution < -0.4 is 5.43 Å². The number of rotatable bonds is 9. The Morgan fingerprint density at radius 3 is 2.60 bits per heavy atom. The monoisotopic (exact) mass is 459 g/mol. The van der Waals surface area contributed by atoms with Crippen LogP contribution in [-0.2, 0) is 10.5 Å². The number of nitro benzene ring substituents is 1. The zero-order valence-electron chi connectivity index (χ0n) is 15.8. The number of hydrogen-bond donors (Lipinski definition) is 1. The summed E-state index contributed by atoms with van der Waals surface area (Å²) in [5, 5.41) is 23.0. The average Bonchev–Trinajstić information content (AvgIpc) is 3.20. The van der Waals surface area contributed by atoms with Crippen LogP contribution in [0.2, 0.25) is 0 Å². The number of benzene rings is 2. The van der Waals surface area contributed by atoms with Crippen molar-refractivity contribution in [3.63, 3.8) is 0 Å². The molecular weight excluding hydrogens is 442 g/mol. The quantitative estimate of drug-likeness (QED) is 0.220. The van der Waals surface area contributed by atoms with Gasteiger partial charge in [0, 0.05) is 11.8 Å². The van der Waals surface area contributed by atoms with Crippen LogP contribution in [0.25, 0.3) is 0 Å². The molecule has 0 aliphatic heterocycles. The Bertz CT molecular complexity index is 1050. The molecular formula is C19H17N5O3S3. The molecule has 0 fully saturated rings. The smallest absolute Gasteiger partial charge is 0.272 e. The molecule has 30 heavy (non-hydrogen) atoms. The van der Waals surface area contributed by atoms with Crippen LogP contribution in [0.15, 0.2) is 62.3 Å². The Morgan fingerprint density at radius 1 is 1.17 bits per heavy atom. The van der Waals surface area contributed by atoms with Crippen LogP contribution in [-0.4, -0.2) is 33.0 Å². The molecule has 8 nitrogen and oxygen atoms in total. The Kier molecular flexibility index (Phi) is 7.94. The SMILES string of the molecule is Cc1ccc(CSc2nnc(SCC(=O)N/N=C/c3ccccc3[N+](=O)[O-])s2)cc1. The maximum absolute atomic E-state index is 11.9. The lowest BCUT2D eigenvalue weighted by molar-refractivity contribution is -0.385. The second kappa shape index (κ2) is 10.9. The minimum atomic E-state index is -0.497. The third-order valence-corrected chi connectivity index (χ3v) is 6.98. The van der Waals surface area contributed by atoms with Crippen molar-refractivity contribution in [2.75, 3.05) is 5.75 Å². The highest BCUT2D eigenvalue weighted by molar-refractivity contribution is 8.03. The van der Waals surface area contributed by atoms with E-state index in [-0.39, 0.29) is 17.3 Å². The summed E-state index contributed by atoms with van der Waals surface area (Å²) < 4.78 is 1.53. The third-order valence-electron chi connectivity index (χ3n) is 3.72. The molecule has 0 aliphatic rings. The first kappa shape index (κ1) is 21.9. The normalized spacial score (nSPS) is 11.0. The number of hydrogen-bond acceptors (Lipinski definition) is 9. The van der Waals surface area contributed by atoms with Gasteiger partial charge in [-0.3, -0.25) is 14.9 Å². The summed E-state index contributed by atoms with van der Waals surface area (Å²) in [7, 11) is 0. The largest absolute Gasteiger partial charge is 0.278 e. The van der Waals surface area contributed by atoms with E-state index in [1.807, 2.05) is 0 Å². The van der Waals surface area contributed by atoms with Crippen molar-refractivity contribution in [1.82, 2.24) is 15.6 Å². The van der Waals surface area contributed by atoms with E-state index < -0.39 is 4.92 Å². The molecule has 3 aromatic rings. The summed E-state index contributed by atoms with van der Waals surface area (Å²) in [6.45, 7) is 2.05. The number of para-hydroxylation sites is 1. The first-order chi connectivity index (χ1) is 14.5. The van der Waals surface area contributed by atoms with Crippen LogP contribution in [0, 0.1) is 17.0 Å². The number of nitrogens with zero attached hydrogens (tertiary/aromatic N) is 4. The summed E-state index contributed by atoms with van der Waals surface area (Å²) in [6.07, 6.45) is 1.26. The molecule has 0 unspecified atom stereocenters. The predicted octanol–water partition coefficient (Wildman–Crippen LogP) is 4.29. The van der Waals surface area contributed by atoms with E-state index in [0.29, 0.717) is 9.90 Å². The maximum atomic E-state index is 11.9. The number of amides is 1. The Morgan fingerprint density at radius 2 is 1.87 bits per heavy atom. The van der Waals surface area contributed by atoms with Gasteiger partial charge in [-0.25, -0.2) is 5.43 Å². The van der Waals surface area contributed by atoms with Crippen LogP contribution in [0.5, 0.6) is 0 Å². The number of carbonyl (C=O) groups excluding carboxylic acids is 1. The van der Waals surface area contributed by atoms with Crippen molar-refractivity contribution in [3.05, 3.63) is 75.3 Å². The standard InChI is InChI=1S/C19H17N5O3S3/c1-13-6-8-14(9-7-13)11-28-18-22-23-19(30-18)29-12-17(25)21-20-10-15-4-2-3-5-16(15)24(26)27/h2-10H,11-12H2,1H3,(H,21,25)/b20-10+. The van der Waals surface area contributed by atoms with E-state index in [1.165, 1.54) is 46.5 Å². The van der Waals surface area contributed by atoms with Crippen molar-refractivity contribution >= 4 is 52.7 Å². The molecule has 0 saturated heterocycles. The van der Waals surface area contributed by atoms with Gasteiger partial charge in [0.1, 0.15) is 0 Å². The molecule has 3 rings (SSSR count). The van der Waals surface area contributed by atoms with Crippen molar-refractivity contribution in [3.8, 4) is 0 Å². The zero-order chi connectivity index (χ0) is 21.3. The molecule has 0 atom stereocenters. The van der Waals surface area contributed by atoms with E-state index in [1.54, 1.807) is 30.0 Å². The molecule has 1 N–H and O–H groups in total. The van der Waals surface area contributed by atoms with Crippen molar-refractivity contribution in [2.45, 2.75) is 21.4 Å². The van der Waals surface area contributed by atoms with Crippen LogP contribution in [0.3, 0.4) is 0 Å². The summed E-state index contributed by atoms with van der Waals surface area (Å²) in [5.74, 6) is 0.588. The van der Waals surface area contributed by atoms with Crippen molar-refractivity contribution < 1.29 is 9.72 Å². The molecule has 0 bridgehead atoms. The molecule has 0 radical (unpaired) electrons. The lowest BCUT2D eigenvalue weighted by Gasteiger charge is -1.99. The molecule has 2 aromatic carbocycles. The Hall–Kier alpha value is -2.76. The van der Waals surface area contributed by atoms with Gasteiger partial charge in [-0.15, -0.1) is 10.2 Å². The second-order valence-corrected chi connectivity index (χ2v) is 9.43. The van der Waals surface area contributed by atoms with Gasteiger partial charge in [-0.05, 0) is 18.6 Å². The predicted molar refractivity (Wildman–Crippen MR) is 120 cm³/mol. The van der Waals surface area contributed by atoms with Crippen molar-refractivity contribution in [2.24, 2.45) is 5.10 Å². The second-order valence-electron chi connectivity index (χ2n) is 6.01. The number of nitrogens with one attached hydrogen (secondary N) is 1. The van der Waals surface area contributed by atoms with Gasteiger partial charge in [0.15, 0.2) is 8.68 Å². The summed E-state index contributed by atoms with van der Waals surface area (Å²) >= 11 is 4.30. The van der Waals surface area contributed by atoms with Gasteiger partial charge in [-0.1, -0.05) is 76.8 Å². The maximum Gasteiger partial charge on any atom is 0.278 e. The molecule has 1 amide bonds. The molecule has 154 valence electrons. The lowest BCUT2D eigenvalue weighted by Crippen LogP contribution is -2.19. The fourth-order valence-electron chi connectivity index (χ4n) is 2.24. The van der Waals surface area contributed by atoms with E-state index in [0.717, 1.165) is 10.1 Å². The van der Waals surface area contributed by atoms with E-state index in [9.17, 15) is 14.9 Å². The fourth-order valence-corrected chi connectivity index (χ4v) is 5.01. The third kappa shape index (κ3) is 6.65. The van der Waals surface area contributed by atoms with Crippen LogP contribution in [0.4, 0.5) is 5.69 Å². The Labute approximate surface area is 185 Å². The van der Waals surface area contributed by atoms with Gasteiger partial charge < -0.3 is 0 Å². The topological polar surface area (TPSA) is 110 Å². The number of aromatic nitrogens is 2. The highest BCUT2D eigenvalue weighted by atomic mass is 32.2. The summed E-state index contributed by atoms with van der Waals surface area (Å²) in [5.41, 5.74) is 5.04. The number of aryl methyl sites for hydroxylation is 1. The molecule has 1 aromatic heterocycles. The van der Waals surface area contributed by atoms with Crippen LogP contribution >= 0.6 is 34.9 Å². The minimum Gasteiger partial charge on any atom is -0.272 e. The van der Waals surface area contributed by atoms with Gasteiger partial charge >= 0.3 is 0 Å². The van der Waals surface area contributed by atoms with Gasteiger partial charge in [0.05, 0.1) is 22.5 Å². The molecule has 11 heteroatoms. The highest BCUT2D eigenvalue weighted by Crippen LogP contribution is 2.30.